The monoisotopic (exact) mass is 323 g/mol. The van der Waals surface area contributed by atoms with Crippen molar-refractivity contribution in [1.29, 1.82) is 0 Å². The molecule has 0 fully saturated rings. The van der Waals surface area contributed by atoms with Gasteiger partial charge in [0.1, 0.15) is 12.4 Å². The molecule has 4 nitrogen and oxygen atoms in total. The predicted molar refractivity (Wildman–Crippen MR) is 82.7 cm³/mol. The summed E-state index contributed by atoms with van der Waals surface area (Å²) in [7, 11) is 0. The van der Waals surface area contributed by atoms with Crippen LogP contribution in [0, 0.1) is 5.82 Å². The Morgan fingerprint density at radius 2 is 2.00 bits per heavy atom. The van der Waals surface area contributed by atoms with Crippen molar-refractivity contribution in [3.8, 4) is 11.5 Å². The molecule has 0 radical (unpaired) electrons. The lowest BCUT2D eigenvalue weighted by Gasteiger charge is -2.13. The van der Waals surface area contributed by atoms with E-state index in [1.165, 1.54) is 18.3 Å². The summed E-state index contributed by atoms with van der Waals surface area (Å²) in [4.78, 5) is 0. The van der Waals surface area contributed by atoms with Gasteiger partial charge in [-0.25, -0.2) is 4.39 Å². The van der Waals surface area contributed by atoms with Crippen molar-refractivity contribution in [1.82, 2.24) is 0 Å². The minimum atomic E-state index is -0.392. The third kappa shape index (κ3) is 4.11. The van der Waals surface area contributed by atoms with Crippen LogP contribution < -0.4 is 9.47 Å². The Morgan fingerprint density at radius 1 is 1.18 bits per heavy atom. The summed E-state index contributed by atoms with van der Waals surface area (Å²) in [5.41, 5.74) is 1.35. The molecule has 0 atom stereocenters. The number of nitrogens with zero attached hydrogens (tertiary/aromatic N) is 1. The fourth-order valence-corrected chi connectivity index (χ4v) is 2.08. The normalized spacial score (nSPS) is 10.9. The first-order chi connectivity index (χ1) is 10.6. The summed E-state index contributed by atoms with van der Waals surface area (Å²) in [6, 6.07) is 9.28. The summed E-state index contributed by atoms with van der Waals surface area (Å²) in [5.74, 6) is 0.659. The summed E-state index contributed by atoms with van der Waals surface area (Å²) >= 11 is 5.97. The van der Waals surface area contributed by atoms with E-state index in [0.29, 0.717) is 34.3 Å². The lowest BCUT2D eigenvalue weighted by atomic mass is 10.2. The molecule has 0 spiro atoms. The van der Waals surface area contributed by atoms with Crippen molar-refractivity contribution < 1.29 is 19.1 Å². The SMILES string of the molecule is CCOc1cc(/C=N/O)ccc1OCc1ccc(F)cc1Cl. The highest BCUT2D eigenvalue weighted by molar-refractivity contribution is 6.31. The highest BCUT2D eigenvalue weighted by atomic mass is 35.5. The Labute approximate surface area is 132 Å². The molecular weight excluding hydrogens is 309 g/mol. The highest BCUT2D eigenvalue weighted by Crippen LogP contribution is 2.29. The molecule has 2 aromatic carbocycles. The second-order valence-corrected chi connectivity index (χ2v) is 4.82. The van der Waals surface area contributed by atoms with Crippen molar-refractivity contribution in [3.63, 3.8) is 0 Å². The fourth-order valence-electron chi connectivity index (χ4n) is 1.85. The molecule has 2 aromatic rings. The number of oxime groups is 1. The molecule has 1 N–H and O–H groups in total. The molecule has 0 aliphatic rings. The zero-order valence-electron chi connectivity index (χ0n) is 11.9. The zero-order chi connectivity index (χ0) is 15.9. The standard InChI is InChI=1S/C16H15ClFNO3/c1-2-21-16-7-11(9-19-20)3-6-15(16)22-10-12-4-5-13(18)8-14(12)17/h3-9,20H,2,10H2,1H3/b19-9+. The van der Waals surface area contributed by atoms with Gasteiger partial charge in [-0.2, -0.15) is 0 Å². The van der Waals surface area contributed by atoms with Crippen molar-refractivity contribution in [2.45, 2.75) is 13.5 Å². The lowest BCUT2D eigenvalue weighted by molar-refractivity contribution is 0.269. The van der Waals surface area contributed by atoms with E-state index in [1.807, 2.05) is 6.92 Å². The molecule has 0 aromatic heterocycles. The van der Waals surface area contributed by atoms with Crippen LogP contribution in [-0.2, 0) is 6.61 Å². The molecule has 22 heavy (non-hydrogen) atoms. The predicted octanol–water partition coefficient (Wildman–Crippen LogP) is 4.26. The Bertz CT molecular complexity index is 676. The molecule has 116 valence electrons. The fraction of sp³-hybridized carbons (Fsp3) is 0.188. The van der Waals surface area contributed by atoms with Gasteiger partial charge >= 0.3 is 0 Å². The molecule has 0 bridgehead atoms. The van der Waals surface area contributed by atoms with Gasteiger partial charge in [-0.3, -0.25) is 0 Å². The van der Waals surface area contributed by atoms with Crippen LogP contribution in [0.3, 0.4) is 0 Å². The third-order valence-corrected chi connectivity index (χ3v) is 3.22. The van der Waals surface area contributed by atoms with Crippen LogP contribution in [0.15, 0.2) is 41.6 Å². The molecule has 2 rings (SSSR count). The Kier molecular flexibility index (Phi) is 5.61. The Hall–Kier alpha value is -2.27. The molecule has 0 unspecified atom stereocenters. The molecular formula is C16H15ClFNO3. The van der Waals surface area contributed by atoms with Crippen molar-refractivity contribution in [2.75, 3.05) is 6.61 Å². The van der Waals surface area contributed by atoms with Crippen LogP contribution in [0.5, 0.6) is 11.5 Å². The summed E-state index contributed by atoms with van der Waals surface area (Å²) < 4.78 is 24.2. The molecule has 0 heterocycles. The van der Waals surface area contributed by atoms with E-state index in [-0.39, 0.29) is 6.61 Å². The van der Waals surface area contributed by atoms with E-state index < -0.39 is 5.82 Å². The quantitative estimate of drug-likeness (QED) is 0.491. The van der Waals surface area contributed by atoms with Crippen LogP contribution in [0.25, 0.3) is 0 Å². The summed E-state index contributed by atoms with van der Waals surface area (Å²) in [6.45, 7) is 2.51. The van der Waals surface area contributed by atoms with Crippen LogP contribution >= 0.6 is 11.6 Å². The van der Waals surface area contributed by atoms with Gasteiger partial charge in [0.15, 0.2) is 11.5 Å². The van der Waals surface area contributed by atoms with Crippen molar-refractivity contribution in [2.24, 2.45) is 5.16 Å². The van der Waals surface area contributed by atoms with E-state index >= 15 is 0 Å². The van der Waals surface area contributed by atoms with Gasteiger partial charge in [0.05, 0.1) is 17.8 Å². The van der Waals surface area contributed by atoms with Gasteiger partial charge in [0, 0.05) is 11.1 Å². The molecule has 0 aliphatic heterocycles. The lowest BCUT2D eigenvalue weighted by Crippen LogP contribution is -2.01. The molecule has 0 saturated carbocycles. The number of hydrogen-bond acceptors (Lipinski definition) is 4. The minimum Gasteiger partial charge on any atom is -0.490 e. The second-order valence-electron chi connectivity index (χ2n) is 4.41. The van der Waals surface area contributed by atoms with E-state index in [0.717, 1.165) is 0 Å². The molecule has 0 saturated heterocycles. The first-order valence-electron chi connectivity index (χ1n) is 6.65. The third-order valence-electron chi connectivity index (χ3n) is 2.87. The van der Waals surface area contributed by atoms with Crippen LogP contribution in [0.1, 0.15) is 18.1 Å². The topological polar surface area (TPSA) is 51.0 Å². The number of halogens is 2. The number of ether oxygens (including phenoxy) is 2. The first-order valence-corrected chi connectivity index (χ1v) is 7.03. The van der Waals surface area contributed by atoms with E-state index in [2.05, 4.69) is 5.16 Å². The minimum absolute atomic E-state index is 0.187. The van der Waals surface area contributed by atoms with E-state index in [4.69, 9.17) is 26.3 Å². The summed E-state index contributed by atoms with van der Waals surface area (Å²) in [6.07, 6.45) is 1.29. The van der Waals surface area contributed by atoms with Gasteiger partial charge in [0.25, 0.3) is 0 Å². The van der Waals surface area contributed by atoms with Gasteiger partial charge in [-0.15, -0.1) is 0 Å². The van der Waals surface area contributed by atoms with Gasteiger partial charge in [0.2, 0.25) is 0 Å². The second kappa shape index (κ2) is 7.66. The van der Waals surface area contributed by atoms with Crippen LogP contribution in [-0.4, -0.2) is 18.0 Å². The average Bonchev–Trinajstić information content (AvgIpc) is 2.49. The summed E-state index contributed by atoms with van der Waals surface area (Å²) in [5, 5.41) is 11.9. The van der Waals surface area contributed by atoms with Crippen LogP contribution in [0.4, 0.5) is 4.39 Å². The maximum Gasteiger partial charge on any atom is 0.161 e. The average molecular weight is 324 g/mol. The number of benzene rings is 2. The van der Waals surface area contributed by atoms with Gasteiger partial charge < -0.3 is 14.7 Å². The van der Waals surface area contributed by atoms with Crippen molar-refractivity contribution >= 4 is 17.8 Å². The molecule has 6 heteroatoms. The zero-order valence-corrected chi connectivity index (χ0v) is 12.7. The number of hydrogen-bond donors (Lipinski definition) is 1. The Balaban J connectivity index is 2.17. The molecule has 0 amide bonds. The first kappa shape index (κ1) is 16.1. The maximum absolute atomic E-state index is 13.0. The van der Waals surface area contributed by atoms with Gasteiger partial charge in [-0.1, -0.05) is 22.8 Å². The van der Waals surface area contributed by atoms with E-state index in [9.17, 15) is 4.39 Å². The van der Waals surface area contributed by atoms with E-state index in [1.54, 1.807) is 24.3 Å². The largest absolute Gasteiger partial charge is 0.490 e. The Morgan fingerprint density at radius 3 is 2.68 bits per heavy atom. The maximum atomic E-state index is 13.0. The highest BCUT2D eigenvalue weighted by Gasteiger charge is 2.08. The number of rotatable bonds is 6. The molecule has 0 aliphatic carbocycles. The van der Waals surface area contributed by atoms with Gasteiger partial charge in [-0.05, 0) is 37.3 Å². The van der Waals surface area contributed by atoms with Crippen LogP contribution in [0.2, 0.25) is 5.02 Å². The smallest absolute Gasteiger partial charge is 0.161 e. The van der Waals surface area contributed by atoms with Crippen molar-refractivity contribution in [3.05, 3.63) is 58.4 Å².